The summed E-state index contributed by atoms with van der Waals surface area (Å²) in [7, 11) is 0. The Hall–Kier alpha value is -2.93. The lowest BCUT2D eigenvalue weighted by molar-refractivity contribution is 0.112. The Bertz CT molecular complexity index is 853. The molecule has 0 bridgehead atoms. The van der Waals surface area contributed by atoms with Gasteiger partial charge in [0.15, 0.2) is 11.5 Å². The van der Waals surface area contributed by atoms with Gasteiger partial charge in [0.05, 0.1) is 0 Å². The van der Waals surface area contributed by atoms with Gasteiger partial charge in [-0.1, -0.05) is 0 Å². The Labute approximate surface area is 138 Å². The Morgan fingerprint density at radius 1 is 1.25 bits per heavy atom. The van der Waals surface area contributed by atoms with Crippen LogP contribution in [0, 0.1) is 0 Å². The Kier molecular flexibility index (Phi) is 3.84. The van der Waals surface area contributed by atoms with E-state index in [0.717, 1.165) is 37.0 Å². The SMILES string of the molecule is O=Cc1ccc(Oc2ccnc3[nH]nc(NC4CCNC4)c23)cc1. The number of aldehydes is 1. The van der Waals surface area contributed by atoms with Crippen LogP contribution < -0.4 is 15.4 Å². The molecule has 2 aromatic heterocycles. The van der Waals surface area contributed by atoms with Crippen molar-refractivity contribution >= 4 is 23.1 Å². The smallest absolute Gasteiger partial charge is 0.161 e. The van der Waals surface area contributed by atoms with Crippen molar-refractivity contribution in [2.45, 2.75) is 12.5 Å². The van der Waals surface area contributed by atoms with Crippen LogP contribution in [0.1, 0.15) is 16.8 Å². The molecule has 1 saturated heterocycles. The summed E-state index contributed by atoms with van der Waals surface area (Å²) < 4.78 is 5.98. The van der Waals surface area contributed by atoms with Gasteiger partial charge in [0.1, 0.15) is 23.2 Å². The van der Waals surface area contributed by atoms with Crippen LogP contribution in [-0.2, 0) is 0 Å². The molecule has 1 atom stereocenters. The normalized spacial score (nSPS) is 17.1. The van der Waals surface area contributed by atoms with Crippen molar-refractivity contribution in [3.05, 3.63) is 42.1 Å². The Balaban J connectivity index is 1.65. The monoisotopic (exact) mass is 323 g/mol. The molecule has 3 N–H and O–H groups in total. The fourth-order valence-corrected chi connectivity index (χ4v) is 2.82. The highest BCUT2D eigenvalue weighted by Crippen LogP contribution is 2.33. The maximum absolute atomic E-state index is 10.8. The highest BCUT2D eigenvalue weighted by Gasteiger charge is 2.19. The molecule has 1 fully saturated rings. The number of carbonyl (C=O) groups is 1. The third kappa shape index (κ3) is 2.81. The van der Waals surface area contributed by atoms with E-state index < -0.39 is 0 Å². The van der Waals surface area contributed by atoms with E-state index in [2.05, 4.69) is 25.8 Å². The van der Waals surface area contributed by atoms with Gasteiger partial charge in [-0.25, -0.2) is 4.98 Å². The van der Waals surface area contributed by atoms with E-state index >= 15 is 0 Å². The van der Waals surface area contributed by atoms with Crippen LogP contribution >= 0.6 is 0 Å². The number of hydrogen-bond donors (Lipinski definition) is 3. The van der Waals surface area contributed by atoms with Crippen molar-refractivity contribution in [2.75, 3.05) is 18.4 Å². The summed E-state index contributed by atoms with van der Waals surface area (Å²) >= 11 is 0. The molecule has 1 aromatic carbocycles. The van der Waals surface area contributed by atoms with Gasteiger partial charge in [0.25, 0.3) is 0 Å². The van der Waals surface area contributed by atoms with Crippen molar-refractivity contribution in [2.24, 2.45) is 0 Å². The number of benzene rings is 1. The van der Waals surface area contributed by atoms with E-state index in [1.54, 1.807) is 30.5 Å². The topological polar surface area (TPSA) is 91.9 Å². The number of nitrogens with one attached hydrogen (secondary N) is 3. The summed E-state index contributed by atoms with van der Waals surface area (Å²) in [5.74, 6) is 2.06. The summed E-state index contributed by atoms with van der Waals surface area (Å²) in [6, 6.07) is 9.13. The molecule has 3 heterocycles. The summed E-state index contributed by atoms with van der Waals surface area (Å²) in [6.07, 6.45) is 3.54. The summed E-state index contributed by atoms with van der Waals surface area (Å²) in [5.41, 5.74) is 1.28. The van der Waals surface area contributed by atoms with Crippen LogP contribution in [0.3, 0.4) is 0 Å². The van der Waals surface area contributed by atoms with E-state index in [-0.39, 0.29) is 0 Å². The number of aromatic amines is 1. The predicted molar refractivity (Wildman–Crippen MR) is 90.7 cm³/mol. The Morgan fingerprint density at radius 2 is 2.12 bits per heavy atom. The molecule has 1 aliphatic heterocycles. The number of hydrogen-bond acceptors (Lipinski definition) is 6. The van der Waals surface area contributed by atoms with E-state index in [1.165, 1.54) is 0 Å². The zero-order chi connectivity index (χ0) is 16.4. The molecule has 4 rings (SSSR count). The maximum atomic E-state index is 10.8. The minimum atomic E-state index is 0.344. The second kappa shape index (κ2) is 6.29. The van der Waals surface area contributed by atoms with Crippen molar-refractivity contribution in [3.63, 3.8) is 0 Å². The van der Waals surface area contributed by atoms with Crippen molar-refractivity contribution in [1.82, 2.24) is 20.5 Å². The molecule has 24 heavy (non-hydrogen) atoms. The number of ether oxygens (including phenoxy) is 1. The largest absolute Gasteiger partial charge is 0.456 e. The van der Waals surface area contributed by atoms with Gasteiger partial charge >= 0.3 is 0 Å². The predicted octanol–water partition coefficient (Wildman–Crippen LogP) is 2.34. The molecule has 1 aliphatic rings. The molecule has 0 saturated carbocycles. The third-order valence-corrected chi connectivity index (χ3v) is 4.07. The second-order valence-electron chi connectivity index (χ2n) is 5.73. The summed E-state index contributed by atoms with van der Waals surface area (Å²) in [4.78, 5) is 15.1. The number of carbonyl (C=O) groups excluding carboxylic acids is 1. The molecule has 122 valence electrons. The number of aromatic nitrogens is 3. The van der Waals surface area contributed by atoms with Gasteiger partial charge in [-0.2, -0.15) is 5.10 Å². The molecule has 0 amide bonds. The van der Waals surface area contributed by atoms with Crippen molar-refractivity contribution < 1.29 is 9.53 Å². The van der Waals surface area contributed by atoms with E-state index in [9.17, 15) is 4.79 Å². The number of anilines is 1. The molecule has 0 aliphatic carbocycles. The highest BCUT2D eigenvalue weighted by atomic mass is 16.5. The third-order valence-electron chi connectivity index (χ3n) is 4.07. The summed E-state index contributed by atoms with van der Waals surface area (Å²) in [5, 5.41) is 14.9. The van der Waals surface area contributed by atoms with E-state index in [4.69, 9.17) is 4.74 Å². The first-order valence-corrected chi connectivity index (χ1v) is 7.87. The number of H-pyrrole nitrogens is 1. The first-order valence-electron chi connectivity index (χ1n) is 7.87. The molecule has 3 aromatic rings. The standard InChI is InChI=1S/C17H17N5O2/c23-10-11-1-3-13(4-2-11)24-14-6-8-19-16-15(14)17(22-21-16)20-12-5-7-18-9-12/h1-4,6,8,10,12,18H,5,7,9H2,(H2,19,20,21,22). The van der Waals surface area contributed by atoms with Gasteiger partial charge in [-0.05, 0) is 37.2 Å². The number of rotatable bonds is 5. The molecule has 7 heteroatoms. The second-order valence-corrected chi connectivity index (χ2v) is 5.73. The molecule has 7 nitrogen and oxygen atoms in total. The lowest BCUT2D eigenvalue weighted by Gasteiger charge is -2.12. The lowest BCUT2D eigenvalue weighted by atomic mass is 10.2. The van der Waals surface area contributed by atoms with Crippen LogP contribution in [-0.4, -0.2) is 40.6 Å². The summed E-state index contributed by atoms with van der Waals surface area (Å²) in [6.45, 7) is 1.92. The minimum Gasteiger partial charge on any atom is -0.456 e. The van der Waals surface area contributed by atoms with Gasteiger partial charge in [-0.3, -0.25) is 9.89 Å². The fourth-order valence-electron chi connectivity index (χ4n) is 2.82. The fraction of sp³-hybridized carbons (Fsp3) is 0.235. The highest BCUT2D eigenvalue weighted by molar-refractivity contribution is 5.93. The Morgan fingerprint density at radius 3 is 2.88 bits per heavy atom. The maximum Gasteiger partial charge on any atom is 0.161 e. The average molecular weight is 323 g/mol. The number of fused-ring (bicyclic) bond motifs is 1. The molecule has 1 unspecified atom stereocenters. The van der Waals surface area contributed by atoms with Crippen molar-refractivity contribution in [3.8, 4) is 11.5 Å². The molecule has 0 spiro atoms. The zero-order valence-electron chi connectivity index (χ0n) is 13.0. The van der Waals surface area contributed by atoms with Gasteiger partial charge in [0, 0.05) is 30.4 Å². The average Bonchev–Trinajstić information content (AvgIpc) is 3.27. The first-order chi connectivity index (χ1) is 11.8. The van der Waals surface area contributed by atoms with Crippen LogP contribution in [0.5, 0.6) is 11.5 Å². The first kappa shape index (κ1) is 14.6. The number of nitrogens with zero attached hydrogens (tertiary/aromatic N) is 2. The van der Waals surface area contributed by atoms with Crippen LogP contribution in [0.15, 0.2) is 36.5 Å². The van der Waals surface area contributed by atoms with Crippen molar-refractivity contribution in [1.29, 1.82) is 0 Å². The van der Waals surface area contributed by atoms with Crippen LogP contribution in [0.2, 0.25) is 0 Å². The molecule has 0 radical (unpaired) electrons. The van der Waals surface area contributed by atoms with Crippen LogP contribution in [0.25, 0.3) is 11.0 Å². The van der Waals surface area contributed by atoms with Crippen LogP contribution in [0.4, 0.5) is 5.82 Å². The number of pyridine rings is 1. The van der Waals surface area contributed by atoms with Gasteiger partial charge < -0.3 is 15.4 Å². The minimum absolute atomic E-state index is 0.344. The molecular weight excluding hydrogens is 306 g/mol. The van der Waals surface area contributed by atoms with Gasteiger partial charge in [-0.15, -0.1) is 0 Å². The van der Waals surface area contributed by atoms with E-state index in [0.29, 0.717) is 28.8 Å². The zero-order valence-corrected chi connectivity index (χ0v) is 13.0. The molecular formula is C17H17N5O2. The lowest BCUT2D eigenvalue weighted by Crippen LogP contribution is -2.22. The quantitative estimate of drug-likeness (QED) is 0.624. The van der Waals surface area contributed by atoms with Gasteiger partial charge in [0.2, 0.25) is 0 Å². The van der Waals surface area contributed by atoms with E-state index in [1.807, 2.05) is 6.07 Å².